The summed E-state index contributed by atoms with van der Waals surface area (Å²) in [7, 11) is 2.05. The van der Waals surface area contributed by atoms with E-state index in [0.717, 1.165) is 26.2 Å². The lowest BCUT2D eigenvalue weighted by Gasteiger charge is -1.96. The lowest BCUT2D eigenvalue weighted by atomic mass is 10.1. The second-order valence-corrected chi connectivity index (χ2v) is 6.29. The molecular weight excluding hydrogens is 387 g/mol. The fourth-order valence-corrected chi connectivity index (χ4v) is 3.54. The summed E-state index contributed by atoms with van der Waals surface area (Å²) in [6.45, 7) is 0. The number of hydrogen-bond donors (Lipinski definition) is 0. The van der Waals surface area contributed by atoms with Gasteiger partial charge in [-0.2, -0.15) is 0 Å². The molecule has 0 bridgehead atoms. The van der Waals surface area contributed by atoms with E-state index in [9.17, 15) is 0 Å². The molecule has 2 aromatic heterocycles. The van der Waals surface area contributed by atoms with E-state index in [2.05, 4.69) is 69.8 Å². The Bertz CT molecular complexity index is 954. The molecular formula is C18H13IN2O. The van der Waals surface area contributed by atoms with Crippen LogP contribution in [-0.2, 0) is 7.05 Å². The van der Waals surface area contributed by atoms with Gasteiger partial charge in [-0.05, 0) is 28.7 Å². The number of aromatic nitrogens is 2. The molecule has 0 unspecified atom stereocenters. The van der Waals surface area contributed by atoms with Crippen molar-refractivity contribution < 1.29 is 4.52 Å². The van der Waals surface area contributed by atoms with Crippen molar-refractivity contribution in [3.8, 4) is 22.6 Å². The van der Waals surface area contributed by atoms with Crippen LogP contribution >= 0.6 is 22.6 Å². The molecule has 0 spiro atoms. The summed E-state index contributed by atoms with van der Waals surface area (Å²) >= 11 is 2.32. The van der Waals surface area contributed by atoms with Crippen molar-refractivity contribution in [2.45, 2.75) is 0 Å². The van der Waals surface area contributed by atoms with Crippen LogP contribution in [0.1, 0.15) is 0 Å². The minimum Gasteiger partial charge on any atom is -0.354 e. The zero-order valence-corrected chi connectivity index (χ0v) is 14.1. The molecule has 2 aromatic carbocycles. The smallest absolute Gasteiger partial charge is 0.180 e. The summed E-state index contributed by atoms with van der Waals surface area (Å²) in [6.07, 6.45) is 2.11. The Hall–Kier alpha value is -2.08. The molecule has 0 radical (unpaired) electrons. The Morgan fingerprint density at radius 1 is 1.00 bits per heavy atom. The molecule has 2 heterocycles. The number of para-hydroxylation sites is 1. The van der Waals surface area contributed by atoms with Gasteiger partial charge in [0.25, 0.3) is 0 Å². The van der Waals surface area contributed by atoms with Gasteiger partial charge in [-0.15, -0.1) is 0 Å². The normalized spacial score (nSPS) is 11.2. The van der Waals surface area contributed by atoms with E-state index in [1.807, 2.05) is 30.3 Å². The highest BCUT2D eigenvalue weighted by Gasteiger charge is 2.19. The monoisotopic (exact) mass is 400 g/mol. The van der Waals surface area contributed by atoms with Gasteiger partial charge in [0.05, 0.1) is 3.57 Å². The van der Waals surface area contributed by atoms with Gasteiger partial charge in [-0.1, -0.05) is 53.7 Å². The third-order valence-electron chi connectivity index (χ3n) is 3.82. The average Bonchev–Trinajstić information content (AvgIpc) is 3.09. The lowest BCUT2D eigenvalue weighted by Crippen LogP contribution is -1.82. The third kappa shape index (κ3) is 2.06. The van der Waals surface area contributed by atoms with Gasteiger partial charge in [-0.25, -0.2) is 0 Å². The third-order valence-corrected chi connectivity index (χ3v) is 4.82. The zero-order valence-electron chi connectivity index (χ0n) is 12.0. The Morgan fingerprint density at radius 3 is 2.55 bits per heavy atom. The van der Waals surface area contributed by atoms with Crippen molar-refractivity contribution in [2.75, 3.05) is 0 Å². The van der Waals surface area contributed by atoms with E-state index in [-0.39, 0.29) is 0 Å². The molecule has 0 atom stereocenters. The summed E-state index contributed by atoms with van der Waals surface area (Å²) in [4.78, 5) is 0. The van der Waals surface area contributed by atoms with E-state index in [4.69, 9.17) is 4.52 Å². The molecule has 0 aliphatic heterocycles. The molecule has 0 N–H and O–H groups in total. The highest BCUT2D eigenvalue weighted by atomic mass is 127. The lowest BCUT2D eigenvalue weighted by molar-refractivity contribution is 0.434. The minimum atomic E-state index is 0.823. The van der Waals surface area contributed by atoms with Crippen LogP contribution in [0, 0.1) is 3.57 Å². The molecule has 0 aliphatic carbocycles. The van der Waals surface area contributed by atoms with Crippen LogP contribution < -0.4 is 0 Å². The summed E-state index contributed by atoms with van der Waals surface area (Å²) in [5.74, 6) is 0.823. The van der Waals surface area contributed by atoms with Crippen molar-refractivity contribution in [2.24, 2.45) is 7.05 Å². The van der Waals surface area contributed by atoms with Crippen molar-refractivity contribution in [3.05, 3.63) is 64.4 Å². The Morgan fingerprint density at radius 2 is 1.73 bits per heavy atom. The SMILES string of the molecule is Cn1cc(-c2noc(-c3ccccc3)c2I)c2ccccc21. The largest absolute Gasteiger partial charge is 0.354 e. The van der Waals surface area contributed by atoms with E-state index < -0.39 is 0 Å². The quantitative estimate of drug-likeness (QED) is 0.438. The molecule has 0 saturated heterocycles. The number of halogens is 1. The number of aryl methyl sites for hydroxylation is 1. The first kappa shape index (κ1) is 13.6. The topological polar surface area (TPSA) is 31.0 Å². The van der Waals surface area contributed by atoms with Crippen LogP contribution in [-0.4, -0.2) is 9.72 Å². The van der Waals surface area contributed by atoms with Crippen molar-refractivity contribution in [1.82, 2.24) is 9.72 Å². The highest BCUT2D eigenvalue weighted by Crippen LogP contribution is 2.36. The molecule has 4 aromatic rings. The van der Waals surface area contributed by atoms with Crippen LogP contribution in [0.2, 0.25) is 0 Å². The fraction of sp³-hybridized carbons (Fsp3) is 0.0556. The Labute approximate surface area is 141 Å². The Kier molecular flexibility index (Phi) is 3.26. The molecule has 0 aliphatic rings. The number of fused-ring (bicyclic) bond motifs is 1. The predicted molar refractivity (Wildman–Crippen MR) is 96.6 cm³/mol. The van der Waals surface area contributed by atoms with Crippen molar-refractivity contribution >= 4 is 33.5 Å². The maximum absolute atomic E-state index is 5.63. The number of benzene rings is 2. The van der Waals surface area contributed by atoms with E-state index in [1.165, 1.54) is 10.9 Å². The second kappa shape index (κ2) is 5.28. The van der Waals surface area contributed by atoms with Gasteiger partial charge in [0.2, 0.25) is 0 Å². The van der Waals surface area contributed by atoms with E-state index >= 15 is 0 Å². The average molecular weight is 400 g/mol. The molecule has 0 saturated carbocycles. The maximum Gasteiger partial charge on any atom is 0.180 e. The molecule has 4 heteroatoms. The van der Waals surface area contributed by atoms with Gasteiger partial charge in [0.1, 0.15) is 5.69 Å². The Balaban J connectivity index is 1.92. The second-order valence-electron chi connectivity index (χ2n) is 5.21. The zero-order chi connectivity index (χ0) is 15.1. The van der Waals surface area contributed by atoms with Crippen molar-refractivity contribution in [1.29, 1.82) is 0 Å². The first-order valence-corrected chi connectivity index (χ1v) is 8.08. The van der Waals surface area contributed by atoms with Crippen LogP contribution in [0.5, 0.6) is 0 Å². The van der Waals surface area contributed by atoms with E-state index in [1.54, 1.807) is 0 Å². The minimum absolute atomic E-state index is 0.823. The summed E-state index contributed by atoms with van der Waals surface area (Å²) < 4.78 is 8.79. The first-order chi connectivity index (χ1) is 10.8. The van der Waals surface area contributed by atoms with E-state index in [0.29, 0.717) is 0 Å². The molecule has 0 amide bonds. The van der Waals surface area contributed by atoms with Crippen molar-refractivity contribution in [3.63, 3.8) is 0 Å². The number of hydrogen-bond acceptors (Lipinski definition) is 2. The van der Waals surface area contributed by atoms with Gasteiger partial charge in [0.15, 0.2) is 5.76 Å². The predicted octanol–water partition coefficient (Wildman–Crippen LogP) is 5.10. The van der Waals surface area contributed by atoms with Crippen LogP contribution in [0.25, 0.3) is 33.5 Å². The molecule has 22 heavy (non-hydrogen) atoms. The fourth-order valence-electron chi connectivity index (χ4n) is 2.75. The van der Waals surface area contributed by atoms with Crippen LogP contribution in [0.4, 0.5) is 0 Å². The number of rotatable bonds is 2. The molecule has 108 valence electrons. The van der Waals surface area contributed by atoms with Gasteiger partial charge in [-0.3, -0.25) is 0 Å². The number of nitrogens with zero attached hydrogens (tertiary/aromatic N) is 2. The first-order valence-electron chi connectivity index (χ1n) is 7.01. The van der Waals surface area contributed by atoms with Gasteiger partial charge < -0.3 is 9.09 Å². The molecule has 0 fully saturated rings. The molecule has 4 rings (SSSR count). The standard InChI is InChI=1S/C18H13IN2O/c1-21-11-14(13-9-5-6-10-15(13)21)17-16(19)18(22-20-17)12-7-3-2-4-8-12/h2-11H,1H3. The summed E-state index contributed by atoms with van der Waals surface area (Å²) in [6, 6.07) is 18.4. The van der Waals surface area contributed by atoms with Gasteiger partial charge in [0, 0.05) is 35.3 Å². The van der Waals surface area contributed by atoms with Crippen LogP contribution in [0.15, 0.2) is 65.3 Å². The van der Waals surface area contributed by atoms with Crippen LogP contribution in [0.3, 0.4) is 0 Å². The summed E-state index contributed by atoms with van der Waals surface area (Å²) in [5.41, 5.74) is 4.24. The summed E-state index contributed by atoms with van der Waals surface area (Å²) in [5, 5.41) is 5.52. The molecule has 3 nitrogen and oxygen atoms in total. The van der Waals surface area contributed by atoms with Gasteiger partial charge >= 0.3 is 0 Å². The maximum atomic E-state index is 5.63. The highest BCUT2D eigenvalue weighted by molar-refractivity contribution is 14.1.